The Morgan fingerprint density at radius 1 is 1.26 bits per heavy atom. The number of alkyl halides is 6. The molecule has 0 spiro atoms. The zero-order valence-electron chi connectivity index (χ0n) is 8.93. The topological polar surface area (TPSA) is 71.9 Å². The first-order valence-corrected chi connectivity index (χ1v) is 4.55. The molecule has 0 radical (unpaired) electrons. The van der Waals surface area contributed by atoms with Crippen LogP contribution in [0.2, 0.25) is 0 Å². The van der Waals surface area contributed by atoms with Gasteiger partial charge in [-0.25, -0.2) is 4.98 Å². The molecule has 0 unspecified atom stereocenters. The summed E-state index contributed by atoms with van der Waals surface area (Å²) in [5.41, 5.74) is 1.92. The summed E-state index contributed by atoms with van der Waals surface area (Å²) >= 11 is 0. The van der Waals surface area contributed by atoms with E-state index < -0.39 is 41.8 Å². The summed E-state index contributed by atoms with van der Waals surface area (Å²) in [6.07, 6.45) is -10.5. The van der Waals surface area contributed by atoms with Gasteiger partial charge in [-0.3, -0.25) is 0 Å². The molecule has 104 valence electrons. The van der Waals surface area contributed by atoms with Gasteiger partial charge in [0, 0.05) is 6.54 Å². The number of nitrogens with zero attached hydrogens (tertiary/aromatic N) is 2. The summed E-state index contributed by atoms with van der Waals surface area (Å²) < 4.78 is 77.4. The Balaban J connectivity index is 3.52. The molecule has 0 bridgehead atoms. The van der Waals surface area contributed by atoms with Gasteiger partial charge in [-0.1, -0.05) is 0 Å². The number of ether oxygens (including phenoxy) is 1. The second kappa shape index (κ2) is 4.93. The molecule has 1 aromatic rings. The molecule has 0 aliphatic heterocycles. The minimum Gasteiger partial charge on any atom is -0.387 e. The van der Waals surface area contributed by atoms with Crippen LogP contribution in [-0.2, 0) is 12.7 Å². The highest BCUT2D eigenvalue weighted by Gasteiger charge is 2.42. The zero-order valence-corrected chi connectivity index (χ0v) is 8.93. The van der Waals surface area contributed by atoms with Gasteiger partial charge in [-0.05, 0) is 11.6 Å². The third kappa shape index (κ3) is 3.72. The number of halogens is 6. The Morgan fingerprint density at radius 3 is 2.21 bits per heavy atom. The predicted octanol–water partition coefficient (Wildman–Crippen LogP) is 2.33. The number of rotatable bonds is 2. The first kappa shape index (κ1) is 15.0. The first-order valence-electron chi connectivity index (χ1n) is 4.55. The minimum atomic E-state index is -5.37. The third-order valence-electron chi connectivity index (χ3n) is 1.90. The van der Waals surface area contributed by atoms with E-state index in [4.69, 9.17) is 11.0 Å². The highest BCUT2D eigenvalue weighted by molar-refractivity contribution is 5.42. The van der Waals surface area contributed by atoms with Crippen LogP contribution in [0.5, 0.6) is 5.88 Å². The Hall–Kier alpha value is -2.02. The van der Waals surface area contributed by atoms with Crippen LogP contribution in [0.15, 0.2) is 6.07 Å². The molecule has 1 aromatic heterocycles. The van der Waals surface area contributed by atoms with E-state index in [1.54, 1.807) is 0 Å². The number of hydrogen-bond donors (Lipinski definition) is 1. The molecule has 1 heterocycles. The van der Waals surface area contributed by atoms with Crippen molar-refractivity contribution in [3.8, 4) is 11.9 Å². The smallest absolute Gasteiger partial charge is 0.387 e. The molecule has 2 N–H and O–H groups in total. The molecule has 0 fully saturated rings. The van der Waals surface area contributed by atoms with Gasteiger partial charge in [0.1, 0.15) is 17.3 Å². The quantitative estimate of drug-likeness (QED) is 0.846. The van der Waals surface area contributed by atoms with Crippen LogP contribution in [0.1, 0.15) is 16.8 Å². The normalized spacial score (nSPS) is 12.1. The summed E-state index contributed by atoms with van der Waals surface area (Å²) in [6.45, 7) is -0.722. The van der Waals surface area contributed by atoms with E-state index in [2.05, 4.69) is 9.72 Å². The molecule has 0 saturated heterocycles. The first-order chi connectivity index (χ1) is 8.58. The van der Waals surface area contributed by atoms with Crippen LogP contribution in [0, 0.1) is 11.3 Å². The maximum absolute atomic E-state index is 12.7. The Labute approximate surface area is 102 Å². The molecular formula is C9H5F6N3O. The van der Waals surface area contributed by atoms with E-state index in [0.29, 0.717) is 6.07 Å². The zero-order chi connectivity index (χ0) is 14.8. The van der Waals surface area contributed by atoms with Crippen molar-refractivity contribution < 1.29 is 31.1 Å². The molecule has 0 atom stereocenters. The van der Waals surface area contributed by atoms with E-state index in [1.165, 1.54) is 6.07 Å². The van der Waals surface area contributed by atoms with E-state index in [-0.39, 0.29) is 0 Å². The van der Waals surface area contributed by atoms with E-state index in [0.717, 1.165) is 0 Å². The number of aromatic nitrogens is 1. The maximum atomic E-state index is 12.7. The van der Waals surface area contributed by atoms with Crippen LogP contribution in [-0.4, -0.2) is 11.3 Å². The van der Waals surface area contributed by atoms with Crippen molar-refractivity contribution in [2.45, 2.75) is 19.1 Å². The fourth-order valence-corrected chi connectivity index (χ4v) is 1.28. The molecular weight excluding hydrogens is 280 g/mol. The van der Waals surface area contributed by atoms with Crippen LogP contribution in [0.3, 0.4) is 0 Å². The second-order valence-corrected chi connectivity index (χ2v) is 3.21. The number of nitrogens with two attached hydrogens (primary N) is 1. The average molecular weight is 285 g/mol. The Kier molecular flexibility index (Phi) is 3.90. The van der Waals surface area contributed by atoms with Crippen LogP contribution in [0.25, 0.3) is 0 Å². The lowest BCUT2D eigenvalue weighted by molar-refractivity contribution is -0.277. The van der Waals surface area contributed by atoms with Crippen LogP contribution >= 0.6 is 0 Å². The number of nitriles is 1. The lowest BCUT2D eigenvalue weighted by atomic mass is 10.1. The number of hydrogen-bond acceptors (Lipinski definition) is 4. The molecule has 0 aliphatic rings. The van der Waals surface area contributed by atoms with Gasteiger partial charge in [0.25, 0.3) is 0 Å². The second-order valence-electron chi connectivity index (χ2n) is 3.21. The monoisotopic (exact) mass is 285 g/mol. The summed E-state index contributed by atoms with van der Waals surface area (Å²) in [4.78, 5) is 2.87. The minimum absolute atomic E-state index is 0.659. The lowest BCUT2D eigenvalue weighted by Crippen LogP contribution is -2.23. The number of pyridine rings is 1. The van der Waals surface area contributed by atoms with Gasteiger partial charge in [-0.2, -0.15) is 18.4 Å². The van der Waals surface area contributed by atoms with Crippen molar-refractivity contribution in [3.63, 3.8) is 0 Å². The SMILES string of the molecule is N#Cc1cc(CN)c(C(F)(F)F)c(OC(F)(F)F)n1. The van der Waals surface area contributed by atoms with Gasteiger partial charge in [0.2, 0.25) is 5.88 Å². The molecule has 0 saturated carbocycles. The molecule has 0 aliphatic carbocycles. The van der Waals surface area contributed by atoms with Crippen LogP contribution < -0.4 is 10.5 Å². The van der Waals surface area contributed by atoms with Crippen molar-refractivity contribution >= 4 is 0 Å². The third-order valence-corrected chi connectivity index (χ3v) is 1.90. The van der Waals surface area contributed by atoms with Gasteiger partial charge in [0.05, 0.1) is 0 Å². The van der Waals surface area contributed by atoms with Crippen molar-refractivity contribution in [1.82, 2.24) is 4.98 Å². The van der Waals surface area contributed by atoms with Crippen molar-refractivity contribution in [2.75, 3.05) is 0 Å². The standard InChI is InChI=1S/C9H5F6N3O/c10-8(11,12)6-4(2-16)1-5(3-17)18-7(6)19-9(13,14)15/h1H,2,16H2. The Morgan fingerprint density at radius 2 is 1.84 bits per heavy atom. The largest absolute Gasteiger partial charge is 0.574 e. The molecule has 19 heavy (non-hydrogen) atoms. The van der Waals surface area contributed by atoms with Crippen molar-refractivity contribution in [1.29, 1.82) is 5.26 Å². The molecule has 0 amide bonds. The average Bonchev–Trinajstić information content (AvgIpc) is 2.23. The summed E-state index contributed by atoms with van der Waals surface area (Å²) in [5.74, 6) is -1.74. The van der Waals surface area contributed by atoms with Crippen molar-refractivity contribution in [2.24, 2.45) is 5.73 Å². The van der Waals surface area contributed by atoms with Gasteiger partial charge in [0.15, 0.2) is 0 Å². The fraction of sp³-hybridized carbons (Fsp3) is 0.333. The highest BCUT2D eigenvalue weighted by atomic mass is 19.4. The molecule has 1 rings (SSSR count). The van der Waals surface area contributed by atoms with Gasteiger partial charge in [-0.15, -0.1) is 13.2 Å². The van der Waals surface area contributed by atoms with Crippen LogP contribution in [0.4, 0.5) is 26.3 Å². The summed E-state index contributed by atoms with van der Waals surface area (Å²) in [5, 5.41) is 8.50. The molecule has 10 heteroatoms. The Bertz CT molecular complexity index is 516. The maximum Gasteiger partial charge on any atom is 0.574 e. The molecule has 0 aromatic carbocycles. The predicted molar refractivity (Wildman–Crippen MR) is 48.5 cm³/mol. The highest BCUT2D eigenvalue weighted by Crippen LogP contribution is 2.39. The van der Waals surface area contributed by atoms with E-state index in [1.807, 2.05) is 0 Å². The fourth-order valence-electron chi connectivity index (χ4n) is 1.28. The van der Waals surface area contributed by atoms with E-state index in [9.17, 15) is 26.3 Å². The van der Waals surface area contributed by atoms with Gasteiger partial charge < -0.3 is 10.5 Å². The van der Waals surface area contributed by atoms with Gasteiger partial charge >= 0.3 is 12.5 Å². The van der Waals surface area contributed by atoms with Crippen molar-refractivity contribution in [3.05, 3.63) is 22.9 Å². The van der Waals surface area contributed by atoms with E-state index >= 15 is 0 Å². The lowest BCUT2D eigenvalue weighted by Gasteiger charge is -2.17. The summed E-state index contributed by atoms with van der Waals surface area (Å²) in [7, 11) is 0. The summed E-state index contributed by atoms with van der Waals surface area (Å²) in [6, 6.07) is 1.98. The molecule has 4 nitrogen and oxygen atoms in total.